The summed E-state index contributed by atoms with van der Waals surface area (Å²) in [4.78, 5) is 11.8. The first-order valence-corrected chi connectivity index (χ1v) is 34.9. The third kappa shape index (κ3) is 9.06. The van der Waals surface area contributed by atoms with Gasteiger partial charge in [-0.15, -0.1) is 0 Å². The zero-order chi connectivity index (χ0) is 32.9. The largest absolute Gasteiger partial charge is 0.482 e. The third-order valence-corrected chi connectivity index (χ3v) is 45.3. The van der Waals surface area contributed by atoms with Gasteiger partial charge in [-0.05, 0) is 19.5 Å². The molecule has 0 aromatic heterocycles. The van der Waals surface area contributed by atoms with Crippen molar-refractivity contribution in [3.05, 3.63) is 12.7 Å². The highest BCUT2D eigenvalue weighted by atomic mass is 28.6. The van der Waals surface area contributed by atoms with E-state index in [1.807, 2.05) is 13.1 Å². The summed E-state index contributed by atoms with van der Waals surface area (Å²) in [6.07, 6.45) is 1.35. The van der Waals surface area contributed by atoms with Gasteiger partial charge in [0.1, 0.15) is 0 Å². The highest BCUT2D eigenvalue weighted by Crippen LogP contribution is 2.43. The van der Waals surface area contributed by atoms with Crippen LogP contribution in [0.4, 0.5) is 0 Å². The van der Waals surface area contributed by atoms with E-state index in [9.17, 15) is 4.79 Å². The van der Waals surface area contributed by atoms with Gasteiger partial charge in [0.05, 0.1) is 6.61 Å². The minimum Gasteiger partial charge on any atom is -0.463 e. The Hall–Kier alpha value is 0.779. The van der Waals surface area contributed by atoms with Gasteiger partial charge >= 0.3 is 95.0 Å². The number of ether oxygens (including phenoxy) is 1. The molecule has 27 heteroatoms. The lowest BCUT2D eigenvalue weighted by Gasteiger charge is -2.55. The first-order valence-electron chi connectivity index (χ1n) is 13.8. The van der Waals surface area contributed by atoms with Crippen LogP contribution in [0.25, 0.3) is 0 Å². The molecule has 0 aromatic carbocycles. The monoisotopic (exact) mass is 798 g/mol. The number of carbonyl (C=O) groups excluding carboxylic acids is 1. The van der Waals surface area contributed by atoms with Crippen LogP contribution >= 0.6 is 0 Å². The minimum absolute atomic E-state index is 0.0247. The molecule has 4 rings (SSSR count). The van der Waals surface area contributed by atoms with Gasteiger partial charge < -0.3 is 67.1 Å². The highest BCUT2D eigenvalue weighted by molar-refractivity contribution is 6.98. The maximum Gasteiger partial charge on any atom is 0.482 e. The zero-order valence-corrected chi connectivity index (χ0v) is 36.8. The second kappa shape index (κ2) is 13.2. The van der Waals surface area contributed by atoms with Gasteiger partial charge in [0.2, 0.25) is 0 Å². The molecular weight excluding hydrogens is 757 g/mol. The molecule has 252 valence electrons. The van der Waals surface area contributed by atoms with E-state index in [1.54, 1.807) is 45.8 Å². The summed E-state index contributed by atoms with van der Waals surface area (Å²) in [5.74, 6) is -0.567. The van der Waals surface area contributed by atoms with Gasteiger partial charge in [0, 0.05) is 72.2 Å². The maximum absolute atomic E-state index is 11.8. The molecule has 0 aliphatic carbocycles. The second-order valence-corrected chi connectivity index (χ2v) is 38.2. The lowest BCUT2D eigenvalue weighted by Crippen LogP contribution is -2.80. The van der Waals surface area contributed by atoms with Crippen LogP contribution in [-0.2, 0) is 71.9 Å². The van der Waals surface area contributed by atoms with Crippen LogP contribution in [0.1, 0.15) is 6.42 Å². The molecule has 8 atom stereocenters. The van der Waals surface area contributed by atoms with Crippen molar-refractivity contribution in [3.8, 4) is 0 Å². The second-order valence-electron chi connectivity index (χ2n) is 10.9. The van der Waals surface area contributed by atoms with Crippen molar-refractivity contribution in [1.82, 2.24) is 0 Å². The van der Waals surface area contributed by atoms with Crippen molar-refractivity contribution < 1.29 is 71.9 Å². The molecule has 6 unspecified atom stereocenters. The summed E-state index contributed by atoms with van der Waals surface area (Å²) in [6, 6.07) is 0.121. The molecule has 4 heterocycles. The molecule has 6 bridgehead atoms. The van der Waals surface area contributed by atoms with Gasteiger partial charge in [-0.3, -0.25) is 0 Å². The van der Waals surface area contributed by atoms with Crippen molar-refractivity contribution in [2.75, 3.05) is 20.8 Å². The number of carbonyl (C=O) groups is 1. The Kier molecular flexibility index (Phi) is 11.3. The Labute approximate surface area is 270 Å². The van der Waals surface area contributed by atoms with Crippen LogP contribution in [0, 0.1) is 0 Å². The predicted octanol–water partition coefficient (Wildman–Crippen LogP) is 1.82. The van der Waals surface area contributed by atoms with E-state index < -0.39 is 95.0 Å². The van der Waals surface area contributed by atoms with Crippen molar-refractivity contribution in [2.45, 2.75) is 71.4 Å². The minimum atomic E-state index is -4.08. The molecule has 0 amide bonds. The predicted molar refractivity (Wildman–Crippen MR) is 169 cm³/mol. The molecule has 44 heavy (non-hydrogen) atoms. The molecule has 4 aliphatic heterocycles. The molecule has 4 saturated heterocycles. The zero-order valence-electron chi connectivity index (χ0n) is 26.8. The van der Waals surface area contributed by atoms with E-state index in [4.69, 9.17) is 67.1 Å². The topological polar surface area (TPSA) is 165 Å². The van der Waals surface area contributed by atoms with Gasteiger partial charge in [0.25, 0.3) is 0 Å². The molecule has 4 fully saturated rings. The molecule has 0 aromatic rings. The molecule has 4 aliphatic rings. The van der Waals surface area contributed by atoms with Crippen LogP contribution < -0.4 is 0 Å². The Morgan fingerprint density at radius 3 is 1.59 bits per heavy atom. The number of hydrogen-bond donors (Lipinski definition) is 0. The van der Waals surface area contributed by atoms with E-state index in [2.05, 4.69) is 6.58 Å². The molecule has 2 radical (unpaired) electrons. The van der Waals surface area contributed by atoms with Crippen LogP contribution in [0.15, 0.2) is 12.7 Å². The van der Waals surface area contributed by atoms with Crippen LogP contribution in [0.2, 0.25) is 65.0 Å². The normalized spacial score (nSPS) is 47.4. The third-order valence-electron chi connectivity index (χ3n) is 6.34. The van der Waals surface area contributed by atoms with E-state index in [1.165, 1.54) is 14.2 Å². The fourth-order valence-corrected chi connectivity index (χ4v) is 51.7. The fraction of sp³-hybridized carbons (Fsp3) is 0.824. The van der Waals surface area contributed by atoms with Gasteiger partial charge in [-0.25, -0.2) is 4.79 Å². The van der Waals surface area contributed by atoms with Crippen LogP contribution in [0.3, 0.4) is 0 Å². The number of fused-ring (bicyclic) bond motifs is 5. The molecule has 0 N–H and O–H groups in total. The smallest absolute Gasteiger partial charge is 0.463 e. The molecule has 0 spiro atoms. The average molecular weight is 799 g/mol. The molecule has 17 nitrogen and oxygen atoms in total. The molecule has 0 saturated carbocycles. The van der Waals surface area contributed by atoms with Gasteiger partial charge in [-0.1, -0.05) is 6.58 Å². The van der Waals surface area contributed by atoms with E-state index >= 15 is 0 Å². The van der Waals surface area contributed by atoms with E-state index in [-0.39, 0.29) is 19.1 Å². The lowest BCUT2D eigenvalue weighted by molar-refractivity contribution is -0.137. The Bertz CT molecular complexity index is 1100. The Morgan fingerprint density at radius 2 is 1.07 bits per heavy atom. The lowest BCUT2D eigenvalue weighted by atomic mass is 10.5. The summed E-state index contributed by atoms with van der Waals surface area (Å²) < 4.78 is 103. The fourth-order valence-electron chi connectivity index (χ4n) is 5.23. The first kappa shape index (κ1) is 37.6. The van der Waals surface area contributed by atoms with Crippen molar-refractivity contribution >= 4 is 95.0 Å². The Morgan fingerprint density at radius 1 is 0.659 bits per heavy atom. The number of esters is 1. The summed E-state index contributed by atoms with van der Waals surface area (Å²) in [5, 5.41) is 0. The summed E-state index contributed by atoms with van der Waals surface area (Å²) >= 11 is 0. The first-order chi connectivity index (χ1) is 20.1. The van der Waals surface area contributed by atoms with E-state index in [0.29, 0.717) is 0 Å². The quantitative estimate of drug-likeness (QED) is 0.158. The average Bonchev–Trinajstić information content (AvgIpc) is 2.81. The van der Waals surface area contributed by atoms with Crippen molar-refractivity contribution in [1.29, 1.82) is 0 Å². The summed E-state index contributed by atoms with van der Waals surface area (Å²) in [7, 11) is -31.3. The SMILES string of the molecule is C=CC(=O)OCCC[Si]12O[Si]3(C)O[Si](C)O[Si](C)O[Si](C)(O3)O[Si]3(C)O[Si](C)(OC)O[Si@](C)(O[Si](C)(OC)O1)O[Si@@](C)(O3)O2. The van der Waals surface area contributed by atoms with Crippen molar-refractivity contribution in [2.24, 2.45) is 0 Å². The maximum atomic E-state index is 11.8. The standard InChI is InChI=1S/C17H42O17Si10/c1-13-17(18)21-15-14-16-44-32-38(7,20-3)27-41(10)25-37(6,19-2)26-42(11,31-43(12,30-41)34-44)29-39(8)23-35(4)22-36(5)24-40(9,28-39)33-44/h13H,1,14-16H2,2-12H3/t37?,38?,39?,40?,41-,42?,43+,44?/m1/s1. The number of hydrogen-bond acceptors (Lipinski definition) is 17. The van der Waals surface area contributed by atoms with Crippen molar-refractivity contribution in [3.63, 3.8) is 0 Å². The molecular formula is C17H42O17Si10. The summed E-state index contributed by atoms with van der Waals surface area (Å²) in [5.41, 5.74) is 0. The number of rotatable bonds is 7. The van der Waals surface area contributed by atoms with Gasteiger partial charge in [0.15, 0.2) is 0 Å². The van der Waals surface area contributed by atoms with Crippen LogP contribution in [0.5, 0.6) is 0 Å². The summed E-state index contributed by atoms with van der Waals surface area (Å²) in [6.45, 7) is 19.0. The van der Waals surface area contributed by atoms with E-state index in [0.717, 1.165) is 6.08 Å². The van der Waals surface area contributed by atoms with Crippen LogP contribution in [-0.4, -0.2) is 116 Å². The van der Waals surface area contributed by atoms with Gasteiger partial charge in [-0.2, -0.15) is 0 Å². The highest BCUT2D eigenvalue weighted by Gasteiger charge is 2.73. The Balaban J connectivity index is 1.92.